The van der Waals surface area contributed by atoms with Crippen LogP contribution in [0.5, 0.6) is 0 Å². The molecular formula is C18H23N5OSSi. The van der Waals surface area contributed by atoms with Crippen molar-refractivity contribution in [2.45, 2.75) is 38.0 Å². The molecule has 1 amide bonds. The molecule has 0 spiro atoms. The molecule has 1 atom stereocenters. The fourth-order valence-corrected chi connectivity index (χ4v) is 6.31. The largest absolute Gasteiger partial charge is 0.347 e. The van der Waals surface area contributed by atoms with Crippen LogP contribution in [0.1, 0.15) is 23.3 Å². The molecule has 0 aromatic carbocycles. The Morgan fingerprint density at radius 2 is 2.27 bits per heavy atom. The van der Waals surface area contributed by atoms with E-state index in [4.69, 9.17) is 0 Å². The predicted molar refractivity (Wildman–Crippen MR) is 108 cm³/mol. The number of aromatic amines is 1. The topological polar surface area (TPSA) is 82.7 Å². The number of fused-ring (bicyclic) bond motifs is 1. The van der Waals surface area contributed by atoms with Crippen molar-refractivity contribution in [3.05, 3.63) is 36.2 Å². The van der Waals surface area contributed by atoms with Crippen LogP contribution in [0, 0.1) is 0 Å². The monoisotopic (exact) mass is 385 g/mol. The highest BCUT2D eigenvalue weighted by molar-refractivity contribution is 7.21. The number of carbonyl (C=O) groups is 1. The van der Waals surface area contributed by atoms with Crippen molar-refractivity contribution in [2.24, 2.45) is 0 Å². The molecule has 0 bridgehead atoms. The first-order chi connectivity index (χ1) is 12.5. The van der Waals surface area contributed by atoms with E-state index in [0.29, 0.717) is 5.69 Å². The first-order valence-electron chi connectivity index (χ1n) is 8.97. The molecule has 3 N–H and O–H groups in total. The number of pyridine rings is 1. The fourth-order valence-electron chi connectivity index (χ4n) is 3.30. The second kappa shape index (κ2) is 6.94. The van der Waals surface area contributed by atoms with Gasteiger partial charge in [-0.1, -0.05) is 25.6 Å². The van der Waals surface area contributed by atoms with E-state index in [-0.39, 0.29) is 11.9 Å². The molecule has 8 heteroatoms. The summed E-state index contributed by atoms with van der Waals surface area (Å²) in [4.78, 5) is 28.4. The maximum Gasteiger partial charge on any atom is 0.268 e. The minimum absolute atomic E-state index is 0.0530. The molecule has 1 aliphatic heterocycles. The molecule has 0 saturated carbocycles. The number of thiazole rings is 1. The van der Waals surface area contributed by atoms with Gasteiger partial charge in [0, 0.05) is 18.8 Å². The van der Waals surface area contributed by atoms with E-state index in [0.717, 1.165) is 34.0 Å². The molecule has 3 aromatic rings. The second-order valence-electron chi connectivity index (χ2n) is 7.46. The van der Waals surface area contributed by atoms with E-state index in [9.17, 15) is 4.79 Å². The summed E-state index contributed by atoms with van der Waals surface area (Å²) < 4.78 is 0.975. The molecule has 6 nitrogen and oxygen atoms in total. The van der Waals surface area contributed by atoms with Gasteiger partial charge in [-0.25, -0.2) is 4.98 Å². The third-order valence-corrected chi connectivity index (χ3v) is 8.62. The summed E-state index contributed by atoms with van der Waals surface area (Å²) in [5.74, 6) is -0.0530. The highest BCUT2D eigenvalue weighted by Crippen LogP contribution is 2.29. The van der Waals surface area contributed by atoms with Crippen molar-refractivity contribution in [3.63, 3.8) is 0 Å². The first-order valence-corrected chi connectivity index (χ1v) is 13.0. The Hall–Kier alpha value is -2.03. The molecule has 4 heterocycles. The summed E-state index contributed by atoms with van der Waals surface area (Å²) in [5.41, 5.74) is 2.17. The van der Waals surface area contributed by atoms with Crippen LogP contribution in [0.3, 0.4) is 0 Å². The van der Waals surface area contributed by atoms with Gasteiger partial charge in [0.1, 0.15) is 24.6 Å². The van der Waals surface area contributed by atoms with Gasteiger partial charge in [-0.2, -0.15) is 0 Å². The number of nitrogens with zero attached hydrogens (tertiary/aromatic N) is 2. The molecule has 1 unspecified atom stereocenters. The van der Waals surface area contributed by atoms with Crippen molar-refractivity contribution in [3.8, 4) is 10.7 Å². The summed E-state index contributed by atoms with van der Waals surface area (Å²) >= 11 is 1.55. The number of amides is 1. The lowest BCUT2D eigenvalue weighted by molar-refractivity contribution is 0.0931. The fraction of sp³-hybridized carbons (Fsp3) is 0.389. The van der Waals surface area contributed by atoms with Crippen LogP contribution in [0.25, 0.3) is 21.0 Å². The van der Waals surface area contributed by atoms with Gasteiger partial charge in [-0.05, 0) is 30.7 Å². The van der Waals surface area contributed by atoms with Gasteiger partial charge in [0.05, 0.1) is 10.4 Å². The highest BCUT2D eigenvalue weighted by atomic mass is 32.1. The lowest BCUT2D eigenvalue weighted by Gasteiger charge is -2.22. The van der Waals surface area contributed by atoms with Crippen LogP contribution in [0.15, 0.2) is 30.5 Å². The summed E-state index contributed by atoms with van der Waals surface area (Å²) in [7, 11) is -1.29. The minimum Gasteiger partial charge on any atom is -0.347 e. The summed E-state index contributed by atoms with van der Waals surface area (Å²) in [6.45, 7) is 5.56. The van der Waals surface area contributed by atoms with E-state index in [1.165, 1.54) is 12.5 Å². The SMILES string of the molecule is C[Si]1(C)CCCC(NC(=O)c2cc3sc(-c4ccccn4)nc3[nH]2)CN1. The van der Waals surface area contributed by atoms with Gasteiger partial charge >= 0.3 is 0 Å². The van der Waals surface area contributed by atoms with Crippen molar-refractivity contribution in [1.29, 1.82) is 0 Å². The number of aromatic nitrogens is 3. The molecule has 4 rings (SSSR count). The lowest BCUT2D eigenvalue weighted by atomic mass is 10.1. The second-order valence-corrected chi connectivity index (χ2v) is 13.1. The Bertz CT molecular complexity index is 889. The van der Waals surface area contributed by atoms with Crippen LogP contribution < -0.4 is 10.3 Å². The van der Waals surface area contributed by atoms with E-state index in [1.54, 1.807) is 17.5 Å². The summed E-state index contributed by atoms with van der Waals surface area (Å²) in [6, 6.07) is 9.11. The normalized spacial score (nSPS) is 20.0. The Morgan fingerprint density at radius 1 is 1.38 bits per heavy atom. The summed E-state index contributed by atoms with van der Waals surface area (Å²) in [5, 5.41) is 4.02. The van der Waals surface area contributed by atoms with E-state index in [2.05, 4.69) is 38.3 Å². The zero-order chi connectivity index (χ0) is 18.1. The van der Waals surface area contributed by atoms with Crippen LogP contribution in [-0.2, 0) is 0 Å². The number of nitrogens with one attached hydrogen (secondary N) is 3. The van der Waals surface area contributed by atoms with Gasteiger partial charge in [0.2, 0.25) is 0 Å². The van der Waals surface area contributed by atoms with E-state index >= 15 is 0 Å². The maximum absolute atomic E-state index is 12.6. The molecule has 0 aliphatic carbocycles. The molecule has 1 fully saturated rings. The van der Waals surface area contributed by atoms with Crippen LogP contribution >= 0.6 is 11.3 Å². The Kier molecular flexibility index (Phi) is 4.64. The first kappa shape index (κ1) is 17.4. The van der Waals surface area contributed by atoms with Crippen LogP contribution in [0.2, 0.25) is 19.1 Å². The molecule has 3 aromatic heterocycles. The molecule has 136 valence electrons. The number of rotatable bonds is 3. The number of hydrogen-bond donors (Lipinski definition) is 3. The van der Waals surface area contributed by atoms with Crippen LogP contribution in [-0.4, -0.2) is 41.7 Å². The van der Waals surface area contributed by atoms with Gasteiger partial charge in [0.15, 0.2) is 0 Å². The Morgan fingerprint density at radius 3 is 3.04 bits per heavy atom. The van der Waals surface area contributed by atoms with Crippen LogP contribution in [0.4, 0.5) is 0 Å². The average molecular weight is 386 g/mol. The quantitative estimate of drug-likeness (QED) is 0.604. The van der Waals surface area contributed by atoms with Gasteiger partial charge in [-0.15, -0.1) is 11.3 Å². The van der Waals surface area contributed by atoms with Crippen molar-refractivity contribution in [1.82, 2.24) is 25.3 Å². The van der Waals surface area contributed by atoms with Crippen molar-refractivity contribution < 1.29 is 4.79 Å². The predicted octanol–water partition coefficient (Wildman–Crippen LogP) is 3.37. The molecule has 1 saturated heterocycles. The number of carbonyl (C=O) groups excluding carboxylic acids is 1. The van der Waals surface area contributed by atoms with E-state index < -0.39 is 8.24 Å². The lowest BCUT2D eigenvalue weighted by Crippen LogP contribution is -2.49. The highest BCUT2D eigenvalue weighted by Gasteiger charge is 2.27. The third-order valence-electron chi connectivity index (χ3n) is 4.83. The van der Waals surface area contributed by atoms with Gasteiger partial charge in [-0.3, -0.25) is 9.78 Å². The third kappa shape index (κ3) is 3.72. The number of H-pyrrole nitrogens is 1. The molecule has 26 heavy (non-hydrogen) atoms. The Labute approximate surface area is 157 Å². The standard InChI is InChI=1S/C18H23N5OSSi/c1-26(2)9-5-6-12(11-20-26)21-17(24)14-10-15-16(22-14)23-18(25-15)13-7-3-4-8-19-13/h3-4,7-8,10,12,20,22H,5-6,9,11H2,1-2H3,(H,21,24). The van der Waals surface area contributed by atoms with Crippen molar-refractivity contribution >= 4 is 35.8 Å². The average Bonchev–Trinajstić information content (AvgIpc) is 3.14. The van der Waals surface area contributed by atoms with Gasteiger partial charge in [0.25, 0.3) is 5.91 Å². The number of hydrogen-bond acceptors (Lipinski definition) is 5. The van der Waals surface area contributed by atoms with Crippen molar-refractivity contribution in [2.75, 3.05) is 6.54 Å². The molecular weight excluding hydrogens is 362 g/mol. The maximum atomic E-state index is 12.6. The molecule has 0 radical (unpaired) electrons. The smallest absolute Gasteiger partial charge is 0.268 e. The zero-order valence-electron chi connectivity index (χ0n) is 15.0. The molecule has 1 aliphatic rings. The minimum atomic E-state index is -1.29. The van der Waals surface area contributed by atoms with E-state index in [1.807, 2.05) is 24.3 Å². The Balaban J connectivity index is 1.47. The van der Waals surface area contributed by atoms with Gasteiger partial charge < -0.3 is 15.3 Å². The zero-order valence-corrected chi connectivity index (χ0v) is 16.8. The summed E-state index contributed by atoms with van der Waals surface area (Å²) in [6.07, 6.45) is 3.97.